The zero-order chi connectivity index (χ0) is 7.56. The number of nitrogens with zero attached hydrogens (tertiary/aromatic N) is 1. The number of ether oxygens (including phenoxy) is 1. The summed E-state index contributed by atoms with van der Waals surface area (Å²) in [6, 6.07) is 1.10. The van der Waals surface area contributed by atoms with Crippen LogP contribution in [0.5, 0.6) is 0 Å². The van der Waals surface area contributed by atoms with Gasteiger partial charge < -0.3 is 4.74 Å². The normalized spacial score (nSPS) is 36.3. The van der Waals surface area contributed by atoms with Crippen molar-refractivity contribution in [3.63, 3.8) is 0 Å². The van der Waals surface area contributed by atoms with Crippen molar-refractivity contribution < 1.29 is 4.74 Å². The lowest BCUT2D eigenvalue weighted by Crippen LogP contribution is -2.47. The molecule has 0 bridgehead atoms. The summed E-state index contributed by atoms with van der Waals surface area (Å²) in [5.74, 6) is 0. The van der Waals surface area contributed by atoms with Gasteiger partial charge in [-0.3, -0.25) is 4.90 Å². The second kappa shape index (κ2) is 3.35. The molecule has 0 saturated carbocycles. The molecule has 0 N–H and O–H groups in total. The van der Waals surface area contributed by atoms with Crippen molar-refractivity contribution in [3.05, 3.63) is 6.54 Å². The van der Waals surface area contributed by atoms with E-state index >= 15 is 0 Å². The summed E-state index contributed by atoms with van der Waals surface area (Å²) < 4.78 is 5.36. The van der Waals surface area contributed by atoms with Crippen LogP contribution in [0.2, 0.25) is 0 Å². The Bertz CT molecular complexity index is 95.4. The van der Waals surface area contributed by atoms with Crippen molar-refractivity contribution >= 4 is 0 Å². The maximum Gasteiger partial charge on any atom is 0.0620 e. The van der Waals surface area contributed by atoms with Crippen LogP contribution in [0.25, 0.3) is 0 Å². The van der Waals surface area contributed by atoms with Gasteiger partial charge in [0.15, 0.2) is 0 Å². The van der Waals surface area contributed by atoms with Crippen molar-refractivity contribution in [2.24, 2.45) is 0 Å². The molecule has 1 rings (SSSR count). The zero-order valence-electron chi connectivity index (χ0n) is 7.00. The van der Waals surface area contributed by atoms with Crippen LogP contribution in [0, 0.1) is 6.54 Å². The summed E-state index contributed by atoms with van der Waals surface area (Å²) in [5.41, 5.74) is 0. The van der Waals surface area contributed by atoms with Gasteiger partial charge in [-0.15, -0.1) is 0 Å². The highest BCUT2D eigenvalue weighted by Gasteiger charge is 2.23. The quantitative estimate of drug-likeness (QED) is 0.547. The van der Waals surface area contributed by atoms with Crippen LogP contribution in [0.15, 0.2) is 0 Å². The molecule has 0 aliphatic carbocycles. The van der Waals surface area contributed by atoms with Gasteiger partial charge in [0.2, 0.25) is 0 Å². The van der Waals surface area contributed by atoms with E-state index in [4.69, 9.17) is 4.74 Å². The Balaban J connectivity index is 2.45. The second-order valence-corrected chi connectivity index (χ2v) is 2.94. The van der Waals surface area contributed by atoms with E-state index in [9.17, 15) is 0 Å². The van der Waals surface area contributed by atoms with E-state index in [-0.39, 0.29) is 0 Å². The van der Waals surface area contributed by atoms with Crippen molar-refractivity contribution in [2.45, 2.75) is 32.9 Å². The van der Waals surface area contributed by atoms with E-state index in [2.05, 4.69) is 32.2 Å². The number of rotatable bonds is 1. The largest absolute Gasteiger partial charge is 0.378 e. The third-order valence-corrected chi connectivity index (χ3v) is 2.03. The molecule has 0 aromatic carbocycles. The average Bonchev–Trinajstić information content (AvgIpc) is 1.88. The number of morpholine rings is 1. The molecule has 0 amide bonds. The molecule has 2 heteroatoms. The van der Waals surface area contributed by atoms with Gasteiger partial charge in [0, 0.05) is 18.6 Å². The highest BCUT2D eigenvalue weighted by atomic mass is 16.5. The van der Waals surface area contributed by atoms with Gasteiger partial charge in [0.1, 0.15) is 0 Å². The Morgan fingerprint density at radius 1 is 1.30 bits per heavy atom. The van der Waals surface area contributed by atoms with Crippen LogP contribution in [0.1, 0.15) is 20.8 Å². The molecule has 2 atom stereocenters. The Kier molecular flexibility index (Phi) is 2.69. The van der Waals surface area contributed by atoms with Crippen molar-refractivity contribution in [1.29, 1.82) is 0 Å². The third-order valence-electron chi connectivity index (χ3n) is 2.03. The molecular weight excluding hydrogens is 126 g/mol. The standard InChI is InChI=1S/C8H16NO/c1-4-9-7(2)5-10-6-8(9)3/h4,7-8H,5-6H2,1-3H3. The molecule has 1 radical (unpaired) electrons. The van der Waals surface area contributed by atoms with Gasteiger partial charge >= 0.3 is 0 Å². The predicted octanol–water partition coefficient (Wildman–Crippen LogP) is 1.28. The molecular formula is C8H16NO. The summed E-state index contributed by atoms with van der Waals surface area (Å²) in [6.45, 7) is 10.4. The topological polar surface area (TPSA) is 12.5 Å². The Morgan fingerprint density at radius 2 is 1.80 bits per heavy atom. The molecule has 1 aliphatic rings. The minimum atomic E-state index is 0.550. The first-order chi connectivity index (χ1) is 4.75. The smallest absolute Gasteiger partial charge is 0.0620 e. The molecule has 0 aromatic heterocycles. The van der Waals surface area contributed by atoms with Crippen LogP contribution < -0.4 is 0 Å². The maximum atomic E-state index is 5.36. The highest BCUT2D eigenvalue weighted by Crippen LogP contribution is 2.13. The summed E-state index contributed by atoms with van der Waals surface area (Å²) in [6.07, 6.45) is 0. The monoisotopic (exact) mass is 142 g/mol. The predicted molar refractivity (Wildman–Crippen MR) is 41.6 cm³/mol. The highest BCUT2D eigenvalue weighted by molar-refractivity contribution is 4.80. The van der Waals surface area contributed by atoms with Gasteiger partial charge in [0.25, 0.3) is 0 Å². The molecule has 1 fully saturated rings. The second-order valence-electron chi connectivity index (χ2n) is 2.94. The van der Waals surface area contributed by atoms with Crippen LogP contribution in [-0.4, -0.2) is 30.2 Å². The molecule has 59 valence electrons. The lowest BCUT2D eigenvalue weighted by molar-refractivity contribution is -0.0206. The Morgan fingerprint density at radius 3 is 2.10 bits per heavy atom. The minimum absolute atomic E-state index is 0.550. The van der Waals surface area contributed by atoms with Gasteiger partial charge in [-0.1, -0.05) is 0 Å². The van der Waals surface area contributed by atoms with Gasteiger partial charge in [-0.2, -0.15) is 0 Å². The first-order valence-corrected chi connectivity index (χ1v) is 3.90. The van der Waals surface area contributed by atoms with E-state index in [0.717, 1.165) is 13.2 Å². The molecule has 0 spiro atoms. The van der Waals surface area contributed by atoms with Crippen LogP contribution in [-0.2, 0) is 4.74 Å². The fourth-order valence-electron chi connectivity index (χ4n) is 1.52. The minimum Gasteiger partial charge on any atom is -0.378 e. The van der Waals surface area contributed by atoms with E-state index in [1.165, 1.54) is 0 Å². The maximum absolute atomic E-state index is 5.36. The fraction of sp³-hybridized carbons (Fsp3) is 0.875. The molecule has 2 unspecified atom stereocenters. The SMILES string of the molecule is C[CH]N1C(C)COCC1C. The Hall–Kier alpha value is -0.0800. The molecule has 0 aromatic rings. The molecule has 2 nitrogen and oxygen atoms in total. The average molecular weight is 142 g/mol. The van der Waals surface area contributed by atoms with Crippen molar-refractivity contribution in [2.75, 3.05) is 13.2 Å². The first kappa shape index (κ1) is 8.02. The van der Waals surface area contributed by atoms with Crippen molar-refractivity contribution in [3.8, 4) is 0 Å². The summed E-state index contributed by atoms with van der Waals surface area (Å²) >= 11 is 0. The molecule has 1 saturated heterocycles. The van der Waals surface area contributed by atoms with Gasteiger partial charge in [-0.05, 0) is 20.8 Å². The van der Waals surface area contributed by atoms with E-state index in [0.29, 0.717) is 12.1 Å². The fourth-order valence-corrected chi connectivity index (χ4v) is 1.52. The van der Waals surface area contributed by atoms with E-state index < -0.39 is 0 Å². The lowest BCUT2D eigenvalue weighted by atomic mass is 10.2. The molecule has 1 aliphatic heterocycles. The summed E-state index contributed by atoms with van der Waals surface area (Å²) in [5, 5.41) is 0. The van der Waals surface area contributed by atoms with Crippen LogP contribution >= 0.6 is 0 Å². The third kappa shape index (κ3) is 1.50. The van der Waals surface area contributed by atoms with Gasteiger partial charge in [0.05, 0.1) is 13.2 Å². The zero-order valence-corrected chi connectivity index (χ0v) is 7.00. The number of hydrogen-bond donors (Lipinski definition) is 0. The van der Waals surface area contributed by atoms with Gasteiger partial charge in [-0.25, -0.2) is 0 Å². The van der Waals surface area contributed by atoms with Crippen LogP contribution in [0.3, 0.4) is 0 Å². The van der Waals surface area contributed by atoms with Crippen LogP contribution in [0.4, 0.5) is 0 Å². The number of hydrogen-bond acceptors (Lipinski definition) is 2. The van der Waals surface area contributed by atoms with Crippen molar-refractivity contribution in [1.82, 2.24) is 4.90 Å². The lowest BCUT2D eigenvalue weighted by Gasteiger charge is -2.37. The molecule has 10 heavy (non-hydrogen) atoms. The van der Waals surface area contributed by atoms with E-state index in [1.54, 1.807) is 0 Å². The summed E-state index contributed by atoms with van der Waals surface area (Å²) in [4.78, 5) is 2.35. The Labute approximate surface area is 63.2 Å². The first-order valence-electron chi connectivity index (χ1n) is 3.90. The van der Waals surface area contributed by atoms with E-state index in [1.807, 2.05) is 0 Å². The summed E-state index contributed by atoms with van der Waals surface area (Å²) in [7, 11) is 0. The molecule has 1 heterocycles.